The highest BCUT2D eigenvalue weighted by Crippen LogP contribution is 2.14. The number of nitrogens with zero attached hydrogens (tertiary/aromatic N) is 1. The lowest BCUT2D eigenvalue weighted by Gasteiger charge is -2.21. The van der Waals surface area contributed by atoms with E-state index in [-0.39, 0.29) is 0 Å². The molecule has 7 nitrogen and oxygen atoms in total. The smallest absolute Gasteiger partial charge is 0.191 e. The highest BCUT2D eigenvalue weighted by molar-refractivity contribution is 5.79. The van der Waals surface area contributed by atoms with E-state index in [9.17, 15) is 0 Å². The van der Waals surface area contributed by atoms with Crippen LogP contribution in [0.15, 0.2) is 29.3 Å². The molecule has 2 N–H and O–H groups in total. The molecule has 31 heavy (non-hydrogen) atoms. The van der Waals surface area contributed by atoms with Crippen LogP contribution in [0, 0.1) is 5.92 Å². The predicted molar refractivity (Wildman–Crippen MR) is 124 cm³/mol. The van der Waals surface area contributed by atoms with Gasteiger partial charge in [-0.15, -0.1) is 0 Å². The molecule has 0 spiro atoms. The summed E-state index contributed by atoms with van der Waals surface area (Å²) in [5.41, 5.74) is 2.33. The standard InChI is InChI=1S/C24H41N3O4/c1-3-25-24(26-11-6-12-30-19-21-9-13-29-14-10-21)27-18-22-7-5-8-23(17-22)20-31-16-15-28-4-2/h5,7-8,17,21H,3-4,6,9-16,18-20H2,1-2H3,(H2,25,26,27). The molecule has 1 aromatic carbocycles. The minimum absolute atomic E-state index is 0.594. The topological polar surface area (TPSA) is 73.3 Å². The number of rotatable bonds is 15. The van der Waals surface area contributed by atoms with Crippen LogP contribution in [-0.2, 0) is 32.1 Å². The van der Waals surface area contributed by atoms with Gasteiger partial charge in [-0.05, 0) is 50.2 Å². The Morgan fingerprint density at radius 2 is 1.84 bits per heavy atom. The van der Waals surface area contributed by atoms with Gasteiger partial charge in [-0.2, -0.15) is 0 Å². The van der Waals surface area contributed by atoms with Crippen molar-refractivity contribution in [1.82, 2.24) is 10.6 Å². The second-order valence-electron chi connectivity index (χ2n) is 7.68. The number of guanidine groups is 1. The molecule has 1 saturated heterocycles. The summed E-state index contributed by atoms with van der Waals surface area (Å²) in [6, 6.07) is 8.39. The number of hydrogen-bond acceptors (Lipinski definition) is 5. The van der Waals surface area contributed by atoms with Gasteiger partial charge in [0.1, 0.15) is 0 Å². The van der Waals surface area contributed by atoms with Crippen LogP contribution in [0.1, 0.15) is 44.2 Å². The molecule has 1 aliphatic rings. The van der Waals surface area contributed by atoms with Crippen molar-refractivity contribution in [2.24, 2.45) is 10.9 Å². The SMILES string of the molecule is CCNC(=NCc1cccc(COCCOCC)c1)NCCCOCC1CCOCC1. The van der Waals surface area contributed by atoms with Crippen molar-refractivity contribution in [3.8, 4) is 0 Å². The quantitative estimate of drug-likeness (QED) is 0.251. The van der Waals surface area contributed by atoms with Crippen LogP contribution in [0.3, 0.4) is 0 Å². The van der Waals surface area contributed by atoms with Gasteiger partial charge in [0.15, 0.2) is 5.96 Å². The van der Waals surface area contributed by atoms with Crippen LogP contribution in [0.4, 0.5) is 0 Å². The molecule has 0 unspecified atom stereocenters. The summed E-state index contributed by atoms with van der Waals surface area (Å²) in [7, 11) is 0. The number of benzene rings is 1. The van der Waals surface area contributed by atoms with Gasteiger partial charge in [0, 0.05) is 46.1 Å². The molecule has 0 atom stereocenters. The van der Waals surface area contributed by atoms with Gasteiger partial charge in [-0.25, -0.2) is 4.99 Å². The molecule has 0 aromatic heterocycles. The predicted octanol–water partition coefficient (Wildman–Crippen LogP) is 3.13. The summed E-state index contributed by atoms with van der Waals surface area (Å²) in [6.45, 7) is 12.3. The average molecular weight is 436 g/mol. The summed E-state index contributed by atoms with van der Waals surface area (Å²) < 4.78 is 22.2. The van der Waals surface area contributed by atoms with E-state index < -0.39 is 0 Å². The molecule has 1 aromatic rings. The first kappa shape index (κ1) is 25.6. The van der Waals surface area contributed by atoms with E-state index in [0.29, 0.717) is 32.3 Å². The third-order valence-electron chi connectivity index (χ3n) is 5.05. The Morgan fingerprint density at radius 3 is 2.65 bits per heavy atom. The molecule has 0 radical (unpaired) electrons. The minimum Gasteiger partial charge on any atom is -0.381 e. The molecule has 1 fully saturated rings. The molecule has 0 amide bonds. The van der Waals surface area contributed by atoms with E-state index >= 15 is 0 Å². The van der Waals surface area contributed by atoms with Crippen LogP contribution < -0.4 is 10.6 Å². The monoisotopic (exact) mass is 435 g/mol. The highest BCUT2D eigenvalue weighted by Gasteiger charge is 2.13. The van der Waals surface area contributed by atoms with E-state index in [0.717, 1.165) is 76.9 Å². The van der Waals surface area contributed by atoms with Crippen LogP contribution >= 0.6 is 0 Å². The van der Waals surface area contributed by atoms with Crippen molar-refractivity contribution in [3.63, 3.8) is 0 Å². The van der Waals surface area contributed by atoms with E-state index in [4.69, 9.17) is 23.9 Å². The molecule has 0 aliphatic carbocycles. The van der Waals surface area contributed by atoms with Crippen molar-refractivity contribution in [2.45, 2.75) is 46.3 Å². The second kappa shape index (κ2) is 17.0. The molecule has 2 rings (SSSR count). The molecule has 1 aliphatic heterocycles. The Bertz CT molecular complexity index is 606. The number of hydrogen-bond donors (Lipinski definition) is 2. The lowest BCUT2D eigenvalue weighted by Crippen LogP contribution is -2.38. The average Bonchev–Trinajstić information content (AvgIpc) is 2.80. The van der Waals surface area contributed by atoms with Gasteiger partial charge in [0.05, 0.1) is 26.4 Å². The first-order chi connectivity index (χ1) is 15.3. The normalized spacial score (nSPS) is 15.2. The van der Waals surface area contributed by atoms with Gasteiger partial charge in [0.2, 0.25) is 0 Å². The maximum atomic E-state index is 5.84. The Hall–Kier alpha value is -1.67. The zero-order valence-electron chi connectivity index (χ0n) is 19.4. The molecule has 0 saturated carbocycles. The Kier molecular flexibility index (Phi) is 14.0. The largest absolute Gasteiger partial charge is 0.381 e. The third kappa shape index (κ3) is 12.1. The molecular formula is C24H41N3O4. The van der Waals surface area contributed by atoms with Crippen molar-refractivity contribution in [1.29, 1.82) is 0 Å². The van der Waals surface area contributed by atoms with Gasteiger partial charge >= 0.3 is 0 Å². The Morgan fingerprint density at radius 1 is 1.03 bits per heavy atom. The summed E-state index contributed by atoms with van der Waals surface area (Å²) in [5, 5.41) is 6.71. The molecular weight excluding hydrogens is 394 g/mol. The third-order valence-corrected chi connectivity index (χ3v) is 5.05. The Balaban J connectivity index is 1.65. The molecule has 7 heteroatoms. The van der Waals surface area contributed by atoms with Crippen molar-refractivity contribution >= 4 is 5.96 Å². The number of ether oxygens (including phenoxy) is 4. The molecule has 0 bridgehead atoms. The summed E-state index contributed by atoms with van der Waals surface area (Å²) in [5.74, 6) is 1.50. The van der Waals surface area contributed by atoms with E-state index in [1.54, 1.807) is 0 Å². The van der Waals surface area contributed by atoms with E-state index in [1.165, 1.54) is 5.56 Å². The lowest BCUT2D eigenvalue weighted by molar-refractivity contribution is 0.0203. The van der Waals surface area contributed by atoms with Crippen LogP contribution in [0.25, 0.3) is 0 Å². The van der Waals surface area contributed by atoms with Crippen molar-refractivity contribution in [3.05, 3.63) is 35.4 Å². The van der Waals surface area contributed by atoms with Crippen molar-refractivity contribution in [2.75, 3.05) is 59.3 Å². The number of nitrogens with one attached hydrogen (secondary N) is 2. The van der Waals surface area contributed by atoms with E-state index in [2.05, 4.69) is 41.8 Å². The van der Waals surface area contributed by atoms with Gasteiger partial charge in [0.25, 0.3) is 0 Å². The zero-order valence-corrected chi connectivity index (χ0v) is 19.4. The van der Waals surface area contributed by atoms with E-state index in [1.807, 2.05) is 6.92 Å². The fourth-order valence-corrected chi connectivity index (χ4v) is 3.33. The molecule has 1 heterocycles. The van der Waals surface area contributed by atoms with Crippen LogP contribution in [0.2, 0.25) is 0 Å². The zero-order chi connectivity index (χ0) is 22.0. The van der Waals surface area contributed by atoms with Crippen molar-refractivity contribution < 1.29 is 18.9 Å². The van der Waals surface area contributed by atoms with Gasteiger partial charge in [-0.1, -0.05) is 24.3 Å². The number of aliphatic imine (C=N–C) groups is 1. The molecule has 176 valence electrons. The maximum Gasteiger partial charge on any atom is 0.191 e. The van der Waals surface area contributed by atoms with Gasteiger partial charge in [-0.3, -0.25) is 0 Å². The second-order valence-corrected chi connectivity index (χ2v) is 7.68. The van der Waals surface area contributed by atoms with Crippen LogP contribution in [-0.4, -0.2) is 65.3 Å². The first-order valence-corrected chi connectivity index (χ1v) is 11.7. The first-order valence-electron chi connectivity index (χ1n) is 11.7. The lowest BCUT2D eigenvalue weighted by atomic mass is 10.0. The summed E-state index contributed by atoms with van der Waals surface area (Å²) in [4.78, 5) is 4.72. The highest BCUT2D eigenvalue weighted by atomic mass is 16.5. The van der Waals surface area contributed by atoms with Crippen LogP contribution in [0.5, 0.6) is 0 Å². The fraction of sp³-hybridized carbons (Fsp3) is 0.708. The maximum absolute atomic E-state index is 5.84. The summed E-state index contributed by atoms with van der Waals surface area (Å²) in [6.07, 6.45) is 3.20. The van der Waals surface area contributed by atoms with Gasteiger partial charge < -0.3 is 29.6 Å². The summed E-state index contributed by atoms with van der Waals surface area (Å²) >= 11 is 0. The Labute approximate surface area is 187 Å². The fourth-order valence-electron chi connectivity index (χ4n) is 3.33. The minimum atomic E-state index is 0.594.